The van der Waals surface area contributed by atoms with Crippen LogP contribution in [-0.4, -0.2) is 50.6 Å². The molecule has 2 amide bonds. The maximum Gasteiger partial charge on any atom is 0.269 e. The van der Waals surface area contributed by atoms with E-state index < -0.39 is 27.4 Å². The quantitative estimate of drug-likeness (QED) is 0.198. The average Bonchev–Trinajstić information content (AvgIpc) is 2.91. The Hall–Kier alpha value is -4.78. The third-order valence-corrected chi connectivity index (χ3v) is 6.86. The van der Waals surface area contributed by atoms with Crippen LogP contribution >= 0.6 is 0 Å². The molecule has 0 unspecified atom stereocenters. The highest BCUT2D eigenvalue weighted by Gasteiger charge is 2.27. The Kier molecular flexibility index (Phi) is 9.70. The molecular weight excluding hydrogens is 526 g/mol. The predicted molar refractivity (Wildman–Crippen MR) is 145 cm³/mol. The number of anilines is 1. The molecule has 0 fully saturated rings. The summed E-state index contributed by atoms with van der Waals surface area (Å²) in [5, 5.41) is 17.6. The largest absolute Gasteiger partial charge is 0.484 e. The first kappa shape index (κ1) is 28.8. The fourth-order valence-corrected chi connectivity index (χ4v) is 4.72. The standard InChI is InChI=1S/C26H27N5O7S/c1-19(2)28-26(33)18-38-23-14-8-20(9-15-23)16-27-29-25(32)17-30(21-10-12-22(13-11-21)31(34)35)39(36,37)24-6-4-3-5-7-24/h3-16,19H,17-18H2,1-2H3,(H,28,33)(H,29,32)/b27-16-. The normalized spacial score (nSPS) is 11.3. The van der Waals surface area contributed by atoms with Crippen LogP contribution in [0.2, 0.25) is 0 Å². The van der Waals surface area contributed by atoms with Crippen LogP contribution in [0.5, 0.6) is 5.75 Å². The molecule has 3 aromatic carbocycles. The Balaban J connectivity index is 1.67. The second kappa shape index (κ2) is 13.1. The molecule has 0 bridgehead atoms. The minimum atomic E-state index is -4.17. The molecule has 39 heavy (non-hydrogen) atoms. The van der Waals surface area contributed by atoms with Crippen LogP contribution < -0.4 is 19.8 Å². The zero-order chi connectivity index (χ0) is 28.4. The van der Waals surface area contributed by atoms with Gasteiger partial charge in [-0.2, -0.15) is 5.10 Å². The van der Waals surface area contributed by atoms with Crippen LogP contribution in [0, 0.1) is 10.1 Å². The summed E-state index contributed by atoms with van der Waals surface area (Å²) in [5.41, 5.74) is 2.75. The number of nitrogens with one attached hydrogen (secondary N) is 2. The summed E-state index contributed by atoms with van der Waals surface area (Å²) in [7, 11) is -4.17. The molecule has 3 rings (SSSR count). The molecular formula is C26H27N5O7S. The van der Waals surface area contributed by atoms with Gasteiger partial charge in [0.1, 0.15) is 12.3 Å². The van der Waals surface area contributed by atoms with E-state index in [9.17, 15) is 28.1 Å². The average molecular weight is 554 g/mol. The number of hydrazone groups is 1. The number of nitrogens with zero attached hydrogens (tertiary/aromatic N) is 3. The van der Waals surface area contributed by atoms with E-state index >= 15 is 0 Å². The van der Waals surface area contributed by atoms with Gasteiger partial charge in [0.15, 0.2) is 6.61 Å². The number of sulfonamides is 1. The first-order valence-corrected chi connectivity index (χ1v) is 13.2. The summed E-state index contributed by atoms with van der Waals surface area (Å²) in [6, 6.07) is 18.9. The number of nitro benzene ring substituents is 1. The first-order chi connectivity index (χ1) is 18.6. The van der Waals surface area contributed by atoms with Crippen molar-refractivity contribution in [3.8, 4) is 5.75 Å². The second-order valence-electron chi connectivity index (χ2n) is 8.47. The zero-order valence-electron chi connectivity index (χ0n) is 21.2. The number of ether oxygens (including phenoxy) is 1. The van der Waals surface area contributed by atoms with Crippen LogP contribution in [0.3, 0.4) is 0 Å². The smallest absolute Gasteiger partial charge is 0.269 e. The zero-order valence-corrected chi connectivity index (χ0v) is 22.0. The second-order valence-corrected chi connectivity index (χ2v) is 10.3. The number of amides is 2. The van der Waals surface area contributed by atoms with E-state index in [0.29, 0.717) is 11.3 Å². The van der Waals surface area contributed by atoms with Crippen molar-refractivity contribution in [2.24, 2.45) is 5.10 Å². The molecule has 2 N–H and O–H groups in total. The van der Waals surface area contributed by atoms with Gasteiger partial charge in [0, 0.05) is 18.2 Å². The summed E-state index contributed by atoms with van der Waals surface area (Å²) < 4.78 is 32.9. The number of carbonyl (C=O) groups excluding carboxylic acids is 2. The topological polar surface area (TPSA) is 160 Å². The van der Waals surface area contributed by atoms with E-state index in [0.717, 1.165) is 16.4 Å². The van der Waals surface area contributed by atoms with Gasteiger partial charge in [0.05, 0.1) is 21.7 Å². The third-order valence-electron chi connectivity index (χ3n) is 5.07. The van der Waals surface area contributed by atoms with Gasteiger partial charge in [0.2, 0.25) is 0 Å². The highest BCUT2D eigenvalue weighted by Crippen LogP contribution is 2.25. The number of hydrogen-bond acceptors (Lipinski definition) is 8. The van der Waals surface area contributed by atoms with Crippen molar-refractivity contribution in [1.82, 2.24) is 10.7 Å². The molecule has 0 saturated carbocycles. The van der Waals surface area contributed by atoms with Crippen LogP contribution in [0.1, 0.15) is 19.4 Å². The van der Waals surface area contributed by atoms with Crippen molar-refractivity contribution < 1.29 is 27.7 Å². The van der Waals surface area contributed by atoms with Crippen molar-refractivity contribution in [3.05, 3.63) is 94.5 Å². The van der Waals surface area contributed by atoms with E-state index in [2.05, 4.69) is 15.8 Å². The Bertz CT molecular complexity index is 1430. The molecule has 0 aliphatic heterocycles. The van der Waals surface area contributed by atoms with E-state index in [-0.39, 0.29) is 34.8 Å². The Morgan fingerprint density at radius 3 is 2.23 bits per heavy atom. The monoisotopic (exact) mass is 553 g/mol. The number of rotatable bonds is 12. The van der Waals surface area contributed by atoms with Crippen LogP contribution in [-0.2, 0) is 19.6 Å². The molecule has 0 aliphatic rings. The van der Waals surface area contributed by atoms with Gasteiger partial charge >= 0.3 is 0 Å². The fraction of sp³-hybridized carbons (Fsp3) is 0.192. The van der Waals surface area contributed by atoms with Gasteiger partial charge in [-0.05, 0) is 67.9 Å². The Morgan fingerprint density at radius 2 is 1.64 bits per heavy atom. The van der Waals surface area contributed by atoms with Crippen molar-refractivity contribution in [2.45, 2.75) is 24.8 Å². The third kappa shape index (κ3) is 8.36. The number of benzene rings is 3. The molecule has 0 spiro atoms. The molecule has 12 nitrogen and oxygen atoms in total. The molecule has 0 atom stereocenters. The Morgan fingerprint density at radius 1 is 1.00 bits per heavy atom. The van der Waals surface area contributed by atoms with E-state index in [1.807, 2.05) is 13.8 Å². The molecule has 0 aromatic heterocycles. The van der Waals surface area contributed by atoms with Crippen molar-refractivity contribution in [2.75, 3.05) is 17.5 Å². The predicted octanol–water partition coefficient (Wildman–Crippen LogP) is 2.84. The van der Waals surface area contributed by atoms with Gasteiger partial charge in [-0.25, -0.2) is 13.8 Å². The molecule has 0 heterocycles. The van der Waals surface area contributed by atoms with Gasteiger partial charge in [-0.3, -0.25) is 24.0 Å². The summed E-state index contributed by atoms with van der Waals surface area (Å²) in [6.45, 7) is 2.94. The molecule has 0 radical (unpaired) electrons. The highest BCUT2D eigenvalue weighted by atomic mass is 32.2. The van der Waals surface area contributed by atoms with Gasteiger partial charge in [-0.15, -0.1) is 0 Å². The molecule has 3 aromatic rings. The lowest BCUT2D eigenvalue weighted by atomic mass is 10.2. The van der Waals surface area contributed by atoms with E-state index in [1.165, 1.54) is 30.5 Å². The van der Waals surface area contributed by atoms with Crippen LogP contribution in [0.4, 0.5) is 11.4 Å². The highest BCUT2D eigenvalue weighted by molar-refractivity contribution is 7.92. The molecule has 0 aliphatic carbocycles. The lowest BCUT2D eigenvalue weighted by Gasteiger charge is -2.23. The number of hydrogen-bond donors (Lipinski definition) is 2. The number of carbonyl (C=O) groups is 2. The van der Waals surface area contributed by atoms with E-state index in [4.69, 9.17) is 4.74 Å². The Labute approximate surface area is 225 Å². The number of non-ortho nitro benzene ring substituents is 1. The maximum absolute atomic E-state index is 13.3. The lowest BCUT2D eigenvalue weighted by Crippen LogP contribution is -2.39. The molecule has 13 heteroatoms. The van der Waals surface area contributed by atoms with Crippen molar-refractivity contribution in [1.29, 1.82) is 0 Å². The van der Waals surface area contributed by atoms with Crippen LogP contribution in [0.15, 0.2) is 88.9 Å². The summed E-state index contributed by atoms with van der Waals surface area (Å²) in [6.07, 6.45) is 1.36. The van der Waals surface area contributed by atoms with Crippen molar-refractivity contribution >= 4 is 39.4 Å². The minimum absolute atomic E-state index is 0.00885. The molecule has 0 saturated heterocycles. The summed E-state index contributed by atoms with van der Waals surface area (Å²) in [4.78, 5) is 34.7. The van der Waals surface area contributed by atoms with Gasteiger partial charge in [-0.1, -0.05) is 18.2 Å². The maximum atomic E-state index is 13.3. The molecule has 204 valence electrons. The minimum Gasteiger partial charge on any atom is -0.484 e. The lowest BCUT2D eigenvalue weighted by molar-refractivity contribution is -0.384. The fourth-order valence-electron chi connectivity index (χ4n) is 3.28. The van der Waals surface area contributed by atoms with Gasteiger partial charge < -0.3 is 10.1 Å². The van der Waals surface area contributed by atoms with Crippen molar-refractivity contribution in [3.63, 3.8) is 0 Å². The van der Waals surface area contributed by atoms with Crippen LogP contribution in [0.25, 0.3) is 0 Å². The van der Waals surface area contributed by atoms with E-state index in [1.54, 1.807) is 42.5 Å². The SMILES string of the molecule is CC(C)NC(=O)COc1ccc(/C=N\NC(=O)CN(c2ccc([N+](=O)[O-])cc2)S(=O)(=O)c2ccccc2)cc1. The van der Waals surface area contributed by atoms with Gasteiger partial charge in [0.25, 0.3) is 27.5 Å². The summed E-state index contributed by atoms with van der Waals surface area (Å²) >= 11 is 0. The number of nitro groups is 1. The summed E-state index contributed by atoms with van der Waals surface area (Å²) in [5.74, 6) is -0.504. The first-order valence-electron chi connectivity index (χ1n) is 11.7.